The molecule has 2 atom stereocenters. The fraction of sp³-hybridized carbons (Fsp3) is 0.263. The molecule has 0 bridgehead atoms. The van der Waals surface area contributed by atoms with Crippen LogP contribution in [-0.2, 0) is 0 Å². The molecule has 0 N–H and O–H groups in total. The SMILES string of the molecule is C/C=C\C1c2ccc(-c3ccc(C)cc3)cc2O[C@H]1C. The number of hydrogen-bond acceptors (Lipinski definition) is 1. The van der Waals surface area contributed by atoms with Gasteiger partial charge in [-0.25, -0.2) is 0 Å². The highest BCUT2D eigenvalue weighted by Gasteiger charge is 2.29. The van der Waals surface area contributed by atoms with Crippen molar-refractivity contribution >= 4 is 0 Å². The summed E-state index contributed by atoms with van der Waals surface area (Å²) in [6.45, 7) is 6.31. The van der Waals surface area contributed by atoms with E-state index in [1.54, 1.807) is 0 Å². The van der Waals surface area contributed by atoms with E-state index in [2.05, 4.69) is 75.4 Å². The van der Waals surface area contributed by atoms with E-state index in [-0.39, 0.29) is 6.10 Å². The molecule has 1 heteroatoms. The van der Waals surface area contributed by atoms with E-state index >= 15 is 0 Å². The molecule has 1 heterocycles. The summed E-state index contributed by atoms with van der Waals surface area (Å²) >= 11 is 0. The van der Waals surface area contributed by atoms with Crippen molar-refractivity contribution in [2.45, 2.75) is 32.8 Å². The zero-order valence-electron chi connectivity index (χ0n) is 12.3. The maximum absolute atomic E-state index is 6.01. The third kappa shape index (κ3) is 2.24. The zero-order valence-corrected chi connectivity index (χ0v) is 12.3. The van der Waals surface area contributed by atoms with E-state index < -0.39 is 0 Å². The van der Waals surface area contributed by atoms with Gasteiger partial charge in [0.1, 0.15) is 11.9 Å². The summed E-state index contributed by atoms with van der Waals surface area (Å²) in [7, 11) is 0. The van der Waals surface area contributed by atoms with Crippen molar-refractivity contribution in [1.82, 2.24) is 0 Å². The van der Waals surface area contributed by atoms with E-state index in [1.165, 1.54) is 22.3 Å². The van der Waals surface area contributed by atoms with Crippen LogP contribution in [0, 0.1) is 6.92 Å². The van der Waals surface area contributed by atoms with Gasteiger partial charge < -0.3 is 4.74 Å². The molecule has 2 aromatic carbocycles. The summed E-state index contributed by atoms with van der Waals surface area (Å²) in [4.78, 5) is 0. The van der Waals surface area contributed by atoms with Gasteiger partial charge in [0.05, 0.1) is 0 Å². The minimum atomic E-state index is 0.217. The molecule has 3 rings (SSSR count). The van der Waals surface area contributed by atoms with Crippen LogP contribution in [0.4, 0.5) is 0 Å². The predicted octanol–water partition coefficient (Wildman–Crippen LogP) is 5.10. The van der Waals surface area contributed by atoms with Gasteiger partial charge >= 0.3 is 0 Å². The molecule has 0 saturated carbocycles. The van der Waals surface area contributed by atoms with E-state index in [1.807, 2.05) is 0 Å². The van der Waals surface area contributed by atoms with Crippen LogP contribution in [0.15, 0.2) is 54.6 Å². The Kier molecular flexibility index (Phi) is 3.35. The minimum absolute atomic E-state index is 0.217. The van der Waals surface area contributed by atoms with Crippen molar-refractivity contribution in [3.63, 3.8) is 0 Å². The first-order chi connectivity index (χ1) is 9.69. The molecular weight excluding hydrogens is 244 g/mol. The topological polar surface area (TPSA) is 9.23 Å². The van der Waals surface area contributed by atoms with Crippen molar-refractivity contribution in [2.75, 3.05) is 0 Å². The van der Waals surface area contributed by atoms with Crippen molar-refractivity contribution in [3.8, 4) is 16.9 Å². The quantitative estimate of drug-likeness (QED) is 0.685. The summed E-state index contributed by atoms with van der Waals surface area (Å²) in [6, 6.07) is 15.2. The summed E-state index contributed by atoms with van der Waals surface area (Å²) in [5, 5.41) is 0. The predicted molar refractivity (Wildman–Crippen MR) is 84.3 cm³/mol. The molecule has 102 valence electrons. The Bertz CT molecular complexity index is 637. The molecule has 1 nitrogen and oxygen atoms in total. The molecule has 0 amide bonds. The number of benzene rings is 2. The van der Waals surface area contributed by atoms with Gasteiger partial charge in [-0.05, 0) is 38.0 Å². The van der Waals surface area contributed by atoms with Crippen LogP contribution >= 0.6 is 0 Å². The van der Waals surface area contributed by atoms with Crippen molar-refractivity contribution in [1.29, 1.82) is 0 Å². The number of hydrogen-bond donors (Lipinski definition) is 0. The summed E-state index contributed by atoms with van der Waals surface area (Å²) in [6.07, 6.45) is 4.55. The number of ether oxygens (including phenoxy) is 1. The van der Waals surface area contributed by atoms with Gasteiger partial charge in [0, 0.05) is 11.5 Å². The first-order valence-electron chi connectivity index (χ1n) is 7.19. The Balaban J connectivity index is 1.99. The van der Waals surface area contributed by atoms with Gasteiger partial charge in [-0.1, -0.05) is 54.1 Å². The second-order valence-corrected chi connectivity index (χ2v) is 5.49. The average molecular weight is 264 g/mol. The Hall–Kier alpha value is -2.02. The van der Waals surface area contributed by atoms with Gasteiger partial charge in [-0.3, -0.25) is 0 Å². The number of allylic oxidation sites excluding steroid dienone is 1. The molecule has 0 radical (unpaired) electrons. The highest BCUT2D eigenvalue weighted by Crippen LogP contribution is 2.41. The third-order valence-corrected chi connectivity index (χ3v) is 3.98. The third-order valence-electron chi connectivity index (χ3n) is 3.98. The molecule has 0 aliphatic carbocycles. The second kappa shape index (κ2) is 5.16. The van der Waals surface area contributed by atoms with E-state index in [0.29, 0.717) is 5.92 Å². The van der Waals surface area contributed by atoms with Crippen molar-refractivity contribution < 1.29 is 4.74 Å². The summed E-state index contributed by atoms with van der Waals surface area (Å²) < 4.78 is 6.01. The second-order valence-electron chi connectivity index (χ2n) is 5.49. The maximum Gasteiger partial charge on any atom is 0.124 e. The molecule has 1 aliphatic heterocycles. The van der Waals surface area contributed by atoms with Crippen LogP contribution in [0.3, 0.4) is 0 Å². The normalized spacial score (nSPS) is 20.9. The minimum Gasteiger partial charge on any atom is -0.489 e. The molecular formula is C19H20O. The molecule has 2 aromatic rings. The standard InChI is InChI=1S/C19H20O/c1-4-5-17-14(3)20-19-12-16(10-11-18(17)19)15-8-6-13(2)7-9-15/h4-12,14,17H,1-3H3/b5-4-/t14-,17?/m0/s1. The van der Waals surface area contributed by atoms with Gasteiger partial charge in [0.15, 0.2) is 0 Å². The van der Waals surface area contributed by atoms with Crippen LogP contribution in [0.2, 0.25) is 0 Å². The molecule has 0 spiro atoms. The summed E-state index contributed by atoms with van der Waals surface area (Å²) in [5.74, 6) is 1.40. The lowest BCUT2D eigenvalue weighted by Crippen LogP contribution is -2.11. The fourth-order valence-corrected chi connectivity index (χ4v) is 2.83. The van der Waals surface area contributed by atoms with E-state index in [9.17, 15) is 0 Å². The number of fused-ring (bicyclic) bond motifs is 1. The lowest BCUT2D eigenvalue weighted by Gasteiger charge is -2.09. The zero-order chi connectivity index (χ0) is 14.1. The van der Waals surface area contributed by atoms with E-state index in [0.717, 1.165) is 5.75 Å². The Morgan fingerprint density at radius 3 is 2.40 bits per heavy atom. The first kappa shape index (κ1) is 13.0. The van der Waals surface area contributed by atoms with Crippen molar-refractivity contribution in [2.24, 2.45) is 0 Å². The Labute approximate surface area is 120 Å². The highest BCUT2D eigenvalue weighted by molar-refractivity contribution is 5.67. The van der Waals surface area contributed by atoms with Crippen LogP contribution in [-0.4, -0.2) is 6.10 Å². The van der Waals surface area contributed by atoms with Gasteiger partial charge in [-0.2, -0.15) is 0 Å². The van der Waals surface area contributed by atoms with Crippen molar-refractivity contribution in [3.05, 3.63) is 65.7 Å². The number of aryl methyl sites for hydroxylation is 1. The van der Waals surface area contributed by atoms with Crippen LogP contribution in [0.5, 0.6) is 5.75 Å². The Morgan fingerprint density at radius 1 is 1.00 bits per heavy atom. The monoisotopic (exact) mass is 264 g/mol. The lowest BCUT2D eigenvalue weighted by atomic mass is 9.94. The van der Waals surface area contributed by atoms with Gasteiger partial charge in [-0.15, -0.1) is 0 Å². The van der Waals surface area contributed by atoms with E-state index in [4.69, 9.17) is 4.74 Å². The van der Waals surface area contributed by atoms with Gasteiger partial charge in [0.25, 0.3) is 0 Å². The molecule has 1 unspecified atom stereocenters. The average Bonchev–Trinajstić information content (AvgIpc) is 2.76. The van der Waals surface area contributed by atoms with Crippen LogP contribution in [0.1, 0.15) is 30.9 Å². The molecule has 20 heavy (non-hydrogen) atoms. The van der Waals surface area contributed by atoms with Crippen LogP contribution in [0.25, 0.3) is 11.1 Å². The molecule has 0 aromatic heterocycles. The maximum atomic E-state index is 6.01. The first-order valence-corrected chi connectivity index (χ1v) is 7.19. The molecule has 1 aliphatic rings. The van der Waals surface area contributed by atoms with Gasteiger partial charge in [0.2, 0.25) is 0 Å². The number of rotatable bonds is 2. The smallest absolute Gasteiger partial charge is 0.124 e. The molecule has 0 fully saturated rings. The largest absolute Gasteiger partial charge is 0.489 e. The lowest BCUT2D eigenvalue weighted by molar-refractivity contribution is 0.241. The van der Waals surface area contributed by atoms with Crippen LogP contribution < -0.4 is 4.74 Å². The fourth-order valence-electron chi connectivity index (χ4n) is 2.83. The Morgan fingerprint density at radius 2 is 1.70 bits per heavy atom. The molecule has 0 saturated heterocycles. The summed E-state index contributed by atoms with van der Waals surface area (Å²) in [5.41, 5.74) is 5.04. The highest BCUT2D eigenvalue weighted by atomic mass is 16.5.